The average molecular weight is 239 g/mol. The molecule has 3 heteroatoms. The summed E-state index contributed by atoms with van der Waals surface area (Å²) >= 11 is 0. The van der Waals surface area contributed by atoms with Gasteiger partial charge in [-0.3, -0.25) is 0 Å². The molecule has 1 atom stereocenters. The maximum atomic E-state index is 8.61. The van der Waals surface area contributed by atoms with E-state index in [2.05, 4.69) is 58.1 Å². The quantitative estimate of drug-likeness (QED) is 0.707. The topological polar surface area (TPSA) is 39.1 Å². The van der Waals surface area contributed by atoms with Crippen molar-refractivity contribution in [3.8, 4) is 6.07 Å². The van der Waals surface area contributed by atoms with Crippen LogP contribution >= 0.6 is 0 Å². The Morgan fingerprint density at radius 3 is 2.29 bits per heavy atom. The van der Waals surface area contributed by atoms with E-state index in [-0.39, 0.29) is 5.41 Å². The van der Waals surface area contributed by atoms with Crippen LogP contribution in [0.15, 0.2) is 0 Å². The summed E-state index contributed by atoms with van der Waals surface area (Å²) in [5.74, 6) is 0.653. The van der Waals surface area contributed by atoms with Crippen molar-refractivity contribution in [2.45, 2.75) is 46.6 Å². The Morgan fingerprint density at radius 2 is 1.88 bits per heavy atom. The maximum Gasteiger partial charge on any atom is 0.0621 e. The van der Waals surface area contributed by atoms with Crippen molar-refractivity contribution in [3.63, 3.8) is 0 Å². The predicted octanol–water partition coefficient (Wildman–Crippen LogP) is 2.49. The zero-order valence-corrected chi connectivity index (χ0v) is 12.4. The molecular formula is C14H29N3. The SMILES string of the molecule is CC(C)C(CNCC(C)(C)CCC#N)N(C)C. The molecule has 0 fully saturated rings. The normalized spacial score (nSPS) is 14.1. The molecule has 0 radical (unpaired) electrons. The lowest BCUT2D eigenvalue weighted by Gasteiger charge is -2.30. The number of nitrogens with one attached hydrogen (secondary N) is 1. The van der Waals surface area contributed by atoms with Gasteiger partial charge in [0.25, 0.3) is 0 Å². The molecule has 0 saturated heterocycles. The minimum absolute atomic E-state index is 0.212. The molecule has 0 rings (SSSR count). The molecule has 0 aromatic rings. The zero-order valence-electron chi connectivity index (χ0n) is 12.4. The zero-order chi connectivity index (χ0) is 13.5. The first kappa shape index (κ1) is 16.4. The second-order valence-electron chi connectivity index (χ2n) is 6.23. The van der Waals surface area contributed by atoms with Gasteiger partial charge in [-0.15, -0.1) is 0 Å². The van der Waals surface area contributed by atoms with E-state index in [9.17, 15) is 0 Å². The molecule has 0 aliphatic rings. The summed E-state index contributed by atoms with van der Waals surface area (Å²) < 4.78 is 0. The third-order valence-electron chi connectivity index (χ3n) is 3.30. The molecule has 100 valence electrons. The van der Waals surface area contributed by atoms with E-state index in [0.717, 1.165) is 19.5 Å². The van der Waals surface area contributed by atoms with Gasteiger partial charge in [0.05, 0.1) is 6.07 Å². The van der Waals surface area contributed by atoms with Crippen LogP contribution < -0.4 is 5.32 Å². The first-order valence-corrected chi connectivity index (χ1v) is 6.54. The van der Waals surface area contributed by atoms with Gasteiger partial charge in [0, 0.05) is 25.6 Å². The molecule has 0 heterocycles. The van der Waals surface area contributed by atoms with Gasteiger partial charge in [0.2, 0.25) is 0 Å². The summed E-state index contributed by atoms with van der Waals surface area (Å²) in [5, 5.41) is 12.2. The van der Waals surface area contributed by atoms with Crippen molar-refractivity contribution in [2.24, 2.45) is 11.3 Å². The summed E-state index contributed by atoms with van der Waals surface area (Å²) in [6, 6.07) is 2.79. The Morgan fingerprint density at radius 1 is 1.29 bits per heavy atom. The second-order valence-corrected chi connectivity index (χ2v) is 6.23. The molecule has 1 unspecified atom stereocenters. The second kappa shape index (κ2) is 7.68. The molecule has 0 bridgehead atoms. The van der Waals surface area contributed by atoms with Crippen LogP contribution in [0.4, 0.5) is 0 Å². The van der Waals surface area contributed by atoms with Crippen molar-refractivity contribution in [2.75, 3.05) is 27.2 Å². The fourth-order valence-electron chi connectivity index (χ4n) is 2.06. The number of nitriles is 1. The van der Waals surface area contributed by atoms with Gasteiger partial charge in [-0.2, -0.15) is 5.26 Å². The van der Waals surface area contributed by atoms with E-state index in [1.165, 1.54) is 0 Å². The van der Waals surface area contributed by atoms with Gasteiger partial charge in [-0.25, -0.2) is 0 Å². The summed E-state index contributed by atoms with van der Waals surface area (Å²) in [6.45, 7) is 10.9. The van der Waals surface area contributed by atoms with Gasteiger partial charge in [-0.1, -0.05) is 27.7 Å². The van der Waals surface area contributed by atoms with Crippen molar-refractivity contribution in [1.82, 2.24) is 10.2 Å². The van der Waals surface area contributed by atoms with Crippen molar-refractivity contribution in [1.29, 1.82) is 5.26 Å². The molecule has 0 aliphatic carbocycles. The maximum absolute atomic E-state index is 8.61. The number of likely N-dealkylation sites (N-methyl/N-ethyl adjacent to an activating group) is 1. The Balaban J connectivity index is 3.99. The number of nitrogens with zero attached hydrogens (tertiary/aromatic N) is 2. The highest BCUT2D eigenvalue weighted by atomic mass is 15.1. The molecule has 0 aliphatic heterocycles. The Kier molecular flexibility index (Phi) is 7.41. The smallest absolute Gasteiger partial charge is 0.0621 e. The van der Waals surface area contributed by atoms with Gasteiger partial charge in [-0.05, 0) is 31.8 Å². The van der Waals surface area contributed by atoms with Crippen molar-refractivity contribution < 1.29 is 0 Å². The van der Waals surface area contributed by atoms with Crippen LogP contribution in [0.1, 0.15) is 40.5 Å². The lowest BCUT2D eigenvalue weighted by atomic mass is 9.88. The van der Waals surface area contributed by atoms with Crippen LogP contribution in [0.25, 0.3) is 0 Å². The van der Waals surface area contributed by atoms with Crippen LogP contribution in [-0.2, 0) is 0 Å². The van der Waals surface area contributed by atoms with Crippen molar-refractivity contribution >= 4 is 0 Å². The van der Waals surface area contributed by atoms with E-state index >= 15 is 0 Å². The largest absolute Gasteiger partial charge is 0.315 e. The molecule has 0 spiro atoms. The highest BCUT2D eigenvalue weighted by Gasteiger charge is 2.19. The standard InChI is InChI=1S/C14H29N3/c1-12(2)13(17(5)6)10-16-11-14(3,4)8-7-9-15/h12-13,16H,7-8,10-11H2,1-6H3. The van der Waals surface area contributed by atoms with Gasteiger partial charge >= 0.3 is 0 Å². The van der Waals surface area contributed by atoms with E-state index in [1.807, 2.05) is 0 Å². The van der Waals surface area contributed by atoms with Crippen LogP contribution in [0.3, 0.4) is 0 Å². The summed E-state index contributed by atoms with van der Waals surface area (Å²) in [6.07, 6.45) is 1.61. The highest BCUT2D eigenvalue weighted by molar-refractivity contribution is 4.80. The third-order valence-corrected chi connectivity index (χ3v) is 3.30. The number of hydrogen-bond donors (Lipinski definition) is 1. The van der Waals surface area contributed by atoms with Gasteiger partial charge in [0.15, 0.2) is 0 Å². The fourth-order valence-corrected chi connectivity index (χ4v) is 2.06. The van der Waals surface area contributed by atoms with E-state index in [4.69, 9.17) is 5.26 Å². The molecule has 0 amide bonds. The first-order chi connectivity index (χ1) is 7.80. The number of hydrogen-bond acceptors (Lipinski definition) is 3. The average Bonchev–Trinajstić information content (AvgIpc) is 2.20. The minimum Gasteiger partial charge on any atom is -0.315 e. The predicted molar refractivity (Wildman–Crippen MR) is 73.8 cm³/mol. The molecule has 0 aromatic carbocycles. The minimum atomic E-state index is 0.212. The molecule has 3 nitrogen and oxygen atoms in total. The summed E-state index contributed by atoms with van der Waals surface area (Å²) in [7, 11) is 4.26. The summed E-state index contributed by atoms with van der Waals surface area (Å²) in [4.78, 5) is 2.28. The Labute approximate surface area is 107 Å². The molecule has 1 N–H and O–H groups in total. The summed E-state index contributed by atoms with van der Waals surface area (Å²) in [5.41, 5.74) is 0.212. The Hall–Kier alpha value is -0.590. The van der Waals surface area contributed by atoms with E-state index in [0.29, 0.717) is 18.4 Å². The van der Waals surface area contributed by atoms with Crippen molar-refractivity contribution in [3.05, 3.63) is 0 Å². The van der Waals surface area contributed by atoms with Crippen LogP contribution in [0.2, 0.25) is 0 Å². The fraction of sp³-hybridized carbons (Fsp3) is 0.929. The highest BCUT2D eigenvalue weighted by Crippen LogP contribution is 2.20. The van der Waals surface area contributed by atoms with Crippen LogP contribution in [-0.4, -0.2) is 38.1 Å². The van der Waals surface area contributed by atoms with E-state index < -0.39 is 0 Å². The Bertz CT molecular complexity index is 230. The van der Waals surface area contributed by atoms with Crippen LogP contribution in [0, 0.1) is 22.7 Å². The number of rotatable bonds is 8. The third kappa shape index (κ3) is 7.36. The van der Waals surface area contributed by atoms with Gasteiger partial charge in [0.1, 0.15) is 0 Å². The van der Waals surface area contributed by atoms with Crippen LogP contribution in [0.5, 0.6) is 0 Å². The van der Waals surface area contributed by atoms with E-state index in [1.54, 1.807) is 0 Å². The first-order valence-electron chi connectivity index (χ1n) is 6.54. The monoisotopic (exact) mass is 239 g/mol. The molecule has 0 aromatic heterocycles. The molecule has 17 heavy (non-hydrogen) atoms. The lowest BCUT2D eigenvalue weighted by Crippen LogP contribution is -2.43. The lowest BCUT2D eigenvalue weighted by molar-refractivity contribution is 0.212. The molecule has 0 saturated carbocycles. The van der Waals surface area contributed by atoms with Gasteiger partial charge < -0.3 is 10.2 Å². The molecular weight excluding hydrogens is 210 g/mol.